The number of benzene rings is 1. The summed E-state index contributed by atoms with van der Waals surface area (Å²) in [6.07, 6.45) is 1.68. The average molecular weight is 323 g/mol. The number of imidazole rings is 1. The molecule has 1 N–H and O–H groups in total. The maximum atomic E-state index is 5.46. The number of halogens is 1. The normalized spacial score (nSPS) is 13.0. The molecule has 0 amide bonds. The zero-order chi connectivity index (χ0) is 12.7. The molecule has 5 heteroatoms. The topological polar surface area (TPSA) is 33.9 Å². The van der Waals surface area contributed by atoms with E-state index in [0.717, 1.165) is 21.3 Å². The Morgan fingerprint density at radius 3 is 2.94 bits per heavy atom. The Balaban J connectivity index is 2.23. The predicted molar refractivity (Wildman–Crippen MR) is 77.3 cm³/mol. The maximum absolute atomic E-state index is 5.46. The highest BCUT2D eigenvalue weighted by atomic mass is 79.9. The Bertz CT molecular complexity index is 742. The van der Waals surface area contributed by atoms with Crippen LogP contribution in [0.15, 0.2) is 45.5 Å². The zero-order valence-electron chi connectivity index (χ0n) is 9.68. The number of H-pyrrole nitrogens is 1. The second-order valence-electron chi connectivity index (χ2n) is 4.15. The Morgan fingerprint density at radius 2 is 2.22 bits per heavy atom. The highest BCUT2D eigenvalue weighted by Gasteiger charge is 2.15. The summed E-state index contributed by atoms with van der Waals surface area (Å²) in [7, 11) is 0. The number of aromatic amines is 1. The van der Waals surface area contributed by atoms with Gasteiger partial charge >= 0.3 is 0 Å². The van der Waals surface area contributed by atoms with Gasteiger partial charge in [-0.05, 0) is 49.5 Å². The van der Waals surface area contributed by atoms with E-state index in [-0.39, 0.29) is 6.04 Å². The first-order chi connectivity index (χ1) is 8.66. The third-order valence-corrected chi connectivity index (χ3v) is 3.81. The number of fused-ring (bicyclic) bond motifs is 1. The number of hydrogen-bond donors (Lipinski definition) is 1. The largest absolute Gasteiger partial charge is 0.467 e. The van der Waals surface area contributed by atoms with Crippen molar-refractivity contribution in [2.75, 3.05) is 0 Å². The molecule has 3 rings (SSSR count). The van der Waals surface area contributed by atoms with Crippen molar-refractivity contribution in [2.45, 2.75) is 13.0 Å². The minimum atomic E-state index is 0.0717. The summed E-state index contributed by atoms with van der Waals surface area (Å²) in [6, 6.07) is 10.0. The van der Waals surface area contributed by atoms with Gasteiger partial charge in [0.2, 0.25) is 0 Å². The Labute approximate surface area is 118 Å². The number of rotatable bonds is 2. The molecule has 0 saturated carbocycles. The molecule has 0 aliphatic heterocycles. The van der Waals surface area contributed by atoms with Crippen molar-refractivity contribution in [3.63, 3.8) is 0 Å². The van der Waals surface area contributed by atoms with Gasteiger partial charge in [0.05, 0.1) is 23.3 Å². The molecule has 0 aliphatic rings. The number of nitrogens with one attached hydrogen (secondary N) is 1. The van der Waals surface area contributed by atoms with Crippen LogP contribution < -0.4 is 0 Å². The van der Waals surface area contributed by atoms with Crippen LogP contribution in [-0.4, -0.2) is 9.55 Å². The molecule has 0 radical (unpaired) electrons. The minimum absolute atomic E-state index is 0.0717. The lowest BCUT2D eigenvalue weighted by atomic mass is 10.2. The van der Waals surface area contributed by atoms with Gasteiger partial charge in [0.25, 0.3) is 0 Å². The Morgan fingerprint density at radius 1 is 1.39 bits per heavy atom. The van der Waals surface area contributed by atoms with Crippen molar-refractivity contribution < 1.29 is 4.42 Å². The van der Waals surface area contributed by atoms with Crippen LogP contribution in [-0.2, 0) is 0 Å². The molecule has 2 aromatic heterocycles. The third-order valence-electron chi connectivity index (χ3n) is 3.02. The number of aromatic nitrogens is 2. The van der Waals surface area contributed by atoms with Crippen molar-refractivity contribution in [1.29, 1.82) is 0 Å². The van der Waals surface area contributed by atoms with Crippen LogP contribution >= 0.6 is 28.1 Å². The van der Waals surface area contributed by atoms with Crippen molar-refractivity contribution in [3.05, 3.63) is 51.6 Å². The zero-order valence-corrected chi connectivity index (χ0v) is 12.1. The summed E-state index contributed by atoms with van der Waals surface area (Å²) < 4.78 is 9.25. The van der Waals surface area contributed by atoms with Gasteiger partial charge in [0, 0.05) is 4.47 Å². The van der Waals surface area contributed by atoms with E-state index in [1.165, 1.54) is 0 Å². The number of nitrogens with zero attached hydrogens (tertiary/aromatic N) is 1. The summed E-state index contributed by atoms with van der Waals surface area (Å²) in [5, 5.41) is 0. The summed E-state index contributed by atoms with van der Waals surface area (Å²) in [5.74, 6) is 0.898. The van der Waals surface area contributed by atoms with Gasteiger partial charge in [-0.3, -0.25) is 0 Å². The van der Waals surface area contributed by atoms with Crippen LogP contribution in [0, 0.1) is 4.77 Å². The highest BCUT2D eigenvalue weighted by molar-refractivity contribution is 9.10. The Kier molecular flexibility index (Phi) is 2.87. The van der Waals surface area contributed by atoms with Crippen molar-refractivity contribution >= 4 is 39.2 Å². The van der Waals surface area contributed by atoms with E-state index in [1.807, 2.05) is 30.3 Å². The fraction of sp³-hybridized carbons (Fsp3) is 0.154. The van der Waals surface area contributed by atoms with Crippen LogP contribution in [0.5, 0.6) is 0 Å². The molecule has 0 spiro atoms. The second-order valence-corrected chi connectivity index (χ2v) is 5.46. The number of furan rings is 1. The summed E-state index contributed by atoms with van der Waals surface area (Å²) in [6.45, 7) is 2.07. The molecule has 18 heavy (non-hydrogen) atoms. The van der Waals surface area contributed by atoms with Crippen molar-refractivity contribution in [2.24, 2.45) is 0 Å². The summed E-state index contributed by atoms with van der Waals surface area (Å²) in [5.41, 5.74) is 2.10. The molecule has 1 aromatic carbocycles. The van der Waals surface area contributed by atoms with Gasteiger partial charge in [-0.2, -0.15) is 0 Å². The van der Waals surface area contributed by atoms with Crippen molar-refractivity contribution in [1.82, 2.24) is 9.55 Å². The molecular formula is C13H11BrN2OS. The standard InChI is InChI=1S/C13H11BrN2OS/c1-8(12-3-2-6-17-12)16-11-5-4-9(14)7-10(11)15-13(16)18/h2-8H,1H3,(H,15,18). The van der Waals surface area contributed by atoms with Gasteiger partial charge in [-0.15, -0.1) is 0 Å². The van der Waals surface area contributed by atoms with Crippen LogP contribution in [0.25, 0.3) is 11.0 Å². The lowest BCUT2D eigenvalue weighted by Crippen LogP contribution is -2.05. The van der Waals surface area contributed by atoms with E-state index in [9.17, 15) is 0 Å². The second kappa shape index (κ2) is 4.40. The summed E-state index contributed by atoms with van der Waals surface area (Å²) in [4.78, 5) is 3.22. The van der Waals surface area contributed by atoms with Crippen LogP contribution in [0.2, 0.25) is 0 Å². The van der Waals surface area contributed by atoms with E-state index in [1.54, 1.807) is 6.26 Å². The van der Waals surface area contributed by atoms with Crippen LogP contribution in [0.3, 0.4) is 0 Å². The SMILES string of the molecule is CC(c1ccco1)n1c(=S)[nH]c2cc(Br)ccc21. The smallest absolute Gasteiger partial charge is 0.178 e. The first kappa shape index (κ1) is 11.7. The monoisotopic (exact) mass is 322 g/mol. The lowest BCUT2D eigenvalue weighted by Gasteiger charge is -2.11. The Hall–Kier alpha value is -1.33. The molecule has 3 aromatic rings. The molecular weight excluding hydrogens is 312 g/mol. The minimum Gasteiger partial charge on any atom is -0.467 e. The van der Waals surface area contributed by atoms with Gasteiger partial charge in [0.15, 0.2) is 4.77 Å². The molecule has 3 nitrogen and oxygen atoms in total. The summed E-state index contributed by atoms with van der Waals surface area (Å²) >= 11 is 8.86. The predicted octanol–water partition coefficient (Wildman–Crippen LogP) is 4.66. The van der Waals surface area contributed by atoms with Crippen molar-refractivity contribution in [3.8, 4) is 0 Å². The van der Waals surface area contributed by atoms with E-state index in [4.69, 9.17) is 16.6 Å². The first-order valence-corrected chi connectivity index (χ1v) is 6.80. The lowest BCUT2D eigenvalue weighted by molar-refractivity contribution is 0.449. The fourth-order valence-corrected chi connectivity index (χ4v) is 2.87. The van der Waals surface area contributed by atoms with Gasteiger partial charge < -0.3 is 14.0 Å². The molecule has 92 valence electrons. The molecule has 0 fully saturated rings. The van der Waals surface area contributed by atoms with Gasteiger partial charge in [-0.1, -0.05) is 15.9 Å². The molecule has 0 saturated heterocycles. The molecule has 1 unspecified atom stereocenters. The molecule has 1 atom stereocenters. The first-order valence-electron chi connectivity index (χ1n) is 5.60. The number of hydrogen-bond acceptors (Lipinski definition) is 2. The molecule has 0 bridgehead atoms. The van der Waals surface area contributed by atoms with Crippen LogP contribution in [0.1, 0.15) is 18.7 Å². The average Bonchev–Trinajstić information content (AvgIpc) is 2.94. The fourth-order valence-electron chi connectivity index (χ4n) is 2.14. The van der Waals surface area contributed by atoms with Gasteiger partial charge in [0.1, 0.15) is 5.76 Å². The maximum Gasteiger partial charge on any atom is 0.178 e. The van der Waals surface area contributed by atoms with E-state index in [2.05, 4.69) is 32.4 Å². The van der Waals surface area contributed by atoms with Crippen LogP contribution in [0.4, 0.5) is 0 Å². The third kappa shape index (κ3) is 1.83. The highest BCUT2D eigenvalue weighted by Crippen LogP contribution is 2.26. The quantitative estimate of drug-likeness (QED) is 0.696. The molecule has 0 aliphatic carbocycles. The van der Waals surface area contributed by atoms with E-state index in [0.29, 0.717) is 4.77 Å². The van der Waals surface area contributed by atoms with E-state index >= 15 is 0 Å². The van der Waals surface area contributed by atoms with Gasteiger partial charge in [-0.25, -0.2) is 0 Å². The molecule has 2 heterocycles. The van der Waals surface area contributed by atoms with E-state index < -0.39 is 0 Å².